The standard InChI is InChI=1S/C15H15N5O3/c21-13(7-6-12-14(22)19-15(23)18-12)17-10-8-16-20(9-10)11-4-2-1-3-5-11/h1-5,8-9,12H,6-7H2,(H,17,21)(H2,18,19,22,23)/t12-/m1/s1. The fourth-order valence-corrected chi connectivity index (χ4v) is 2.27. The molecule has 1 atom stereocenters. The molecular formula is C15H15N5O3. The summed E-state index contributed by atoms with van der Waals surface area (Å²) in [4.78, 5) is 34.3. The van der Waals surface area contributed by atoms with E-state index >= 15 is 0 Å². The van der Waals surface area contributed by atoms with Crippen molar-refractivity contribution in [1.29, 1.82) is 0 Å². The van der Waals surface area contributed by atoms with Crippen molar-refractivity contribution in [1.82, 2.24) is 20.4 Å². The van der Waals surface area contributed by atoms with Gasteiger partial charge >= 0.3 is 6.03 Å². The topological polar surface area (TPSA) is 105 Å². The first kappa shape index (κ1) is 14.8. The molecule has 0 aliphatic carbocycles. The third kappa shape index (κ3) is 3.54. The molecule has 118 valence electrons. The van der Waals surface area contributed by atoms with E-state index in [2.05, 4.69) is 21.0 Å². The van der Waals surface area contributed by atoms with Gasteiger partial charge in [-0.25, -0.2) is 9.48 Å². The van der Waals surface area contributed by atoms with Gasteiger partial charge in [-0.1, -0.05) is 18.2 Å². The minimum absolute atomic E-state index is 0.120. The minimum atomic E-state index is -0.653. The Morgan fingerprint density at radius 2 is 2.04 bits per heavy atom. The van der Waals surface area contributed by atoms with Crippen molar-refractivity contribution >= 4 is 23.5 Å². The Labute approximate surface area is 131 Å². The largest absolute Gasteiger partial charge is 0.326 e. The van der Waals surface area contributed by atoms with Crippen LogP contribution < -0.4 is 16.0 Å². The van der Waals surface area contributed by atoms with E-state index in [0.29, 0.717) is 5.69 Å². The lowest BCUT2D eigenvalue weighted by Crippen LogP contribution is -2.30. The summed E-state index contributed by atoms with van der Waals surface area (Å²) in [6.07, 6.45) is 3.62. The van der Waals surface area contributed by atoms with Crippen molar-refractivity contribution in [3.8, 4) is 5.69 Å². The molecule has 1 aliphatic rings. The number of carbonyl (C=O) groups is 3. The van der Waals surface area contributed by atoms with E-state index in [9.17, 15) is 14.4 Å². The second kappa shape index (κ2) is 6.30. The molecule has 1 fully saturated rings. The van der Waals surface area contributed by atoms with Gasteiger partial charge in [-0.05, 0) is 18.6 Å². The maximum absolute atomic E-state index is 11.9. The molecule has 0 spiro atoms. The molecule has 8 heteroatoms. The van der Waals surface area contributed by atoms with Crippen molar-refractivity contribution < 1.29 is 14.4 Å². The predicted octanol–water partition coefficient (Wildman–Crippen LogP) is 0.799. The van der Waals surface area contributed by atoms with E-state index < -0.39 is 18.0 Å². The Morgan fingerprint density at radius 1 is 1.26 bits per heavy atom. The number of amides is 4. The van der Waals surface area contributed by atoms with Crippen LogP contribution in [0.4, 0.5) is 10.5 Å². The van der Waals surface area contributed by atoms with E-state index in [1.807, 2.05) is 30.3 Å². The smallest absolute Gasteiger partial charge is 0.322 e. The van der Waals surface area contributed by atoms with Gasteiger partial charge in [0.05, 0.1) is 23.8 Å². The highest BCUT2D eigenvalue weighted by atomic mass is 16.2. The van der Waals surface area contributed by atoms with Gasteiger partial charge in [-0.2, -0.15) is 5.10 Å². The Kier molecular flexibility index (Phi) is 4.05. The Balaban J connectivity index is 1.53. The van der Waals surface area contributed by atoms with Gasteiger partial charge in [0.2, 0.25) is 5.91 Å². The maximum Gasteiger partial charge on any atom is 0.322 e. The lowest BCUT2D eigenvalue weighted by Gasteiger charge is -2.06. The molecule has 0 radical (unpaired) electrons. The van der Waals surface area contributed by atoms with Crippen molar-refractivity contribution in [3.05, 3.63) is 42.7 Å². The van der Waals surface area contributed by atoms with Gasteiger partial charge in [0.1, 0.15) is 6.04 Å². The summed E-state index contributed by atoms with van der Waals surface area (Å²) >= 11 is 0. The van der Waals surface area contributed by atoms with E-state index in [0.717, 1.165) is 5.69 Å². The molecule has 2 heterocycles. The average Bonchev–Trinajstić information content (AvgIpc) is 3.12. The molecule has 2 aromatic rings. The number of carbonyl (C=O) groups excluding carboxylic acids is 3. The Morgan fingerprint density at radius 3 is 2.74 bits per heavy atom. The quantitative estimate of drug-likeness (QED) is 0.710. The third-order valence-corrected chi connectivity index (χ3v) is 3.41. The van der Waals surface area contributed by atoms with Crippen LogP contribution in [0.15, 0.2) is 42.7 Å². The summed E-state index contributed by atoms with van der Waals surface area (Å²) < 4.78 is 1.65. The normalized spacial score (nSPS) is 16.8. The SMILES string of the molecule is O=C(CC[C@H]1NC(=O)NC1=O)Nc1cnn(-c2ccccc2)c1. The highest BCUT2D eigenvalue weighted by molar-refractivity contribution is 6.04. The molecule has 0 saturated carbocycles. The Bertz CT molecular complexity index is 741. The number of anilines is 1. The van der Waals surface area contributed by atoms with Gasteiger partial charge < -0.3 is 10.6 Å². The van der Waals surface area contributed by atoms with Crippen molar-refractivity contribution in [3.63, 3.8) is 0 Å². The number of rotatable bonds is 5. The number of nitrogens with zero attached hydrogens (tertiary/aromatic N) is 2. The van der Waals surface area contributed by atoms with Gasteiger partial charge in [0, 0.05) is 6.42 Å². The van der Waals surface area contributed by atoms with Crippen LogP contribution in [-0.4, -0.2) is 33.7 Å². The van der Waals surface area contributed by atoms with Gasteiger partial charge in [-0.3, -0.25) is 14.9 Å². The molecule has 3 rings (SSSR count). The molecule has 3 N–H and O–H groups in total. The lowest BCUT2D eigenvalue weighted by atomic mass is 10.1. The zero-order valence-electron chi connectivity index (χ0n) is 12.2. The molecule has 0 unspecified atom stereocenters. The summed E-state index contributed by atoms with van der Waals surface area (Å²) in [7, 11) is 0. The number of aromatic nitrogens is 2. The van der Waals surface area contributed by atoms with Gasteiger partial charge in [0.15, 0.2) is 0 Å². The summed E-state index contributed by atoms with van der Waals surface area (Å²) in [6, 6.07) is 8.34. The predicted molar refractivity (Wildman–Crippen MR) is 81.9 cm³/mol. The first-order chi connectivity index (χ1) is 11.1. The second-order valence-electron chi connectivity index (χ2n) is 5.11. The van der Waals surface area contributed by atoms with E-state index in [1.54, 1.807) is 17.1 Å². The first-order valence-corrected chi connectivity index (χ1v) is 7.13. The number of hydrogen-bond acceptors (Lipinski definition) is 4. The van der Waals surface area contributed by atoms with Crippen LogP contribution in [-0.2, 0) is 9.59 Å². The number of nitrogens with one attached hydrogen (secondary N) is 3. The molecule has 1 saturated heterocycles. The number of imide groups is 1. The highest BCUT2D eigenvalue weighted by Crippen LogP contribution is 2.12. The van der Waals surface area contributed by atoms with Gasteiger partial charge in [0.25, 0.3) is 5.91 Å². The van der Waals surface area contributed by atoms with E-state index in [4.69, 9.17) is 0 Å². The lowest BCUT2D eigenvalue weighted by molar-refractivity contribution is -0.120. The van der Waals surface area contributed by atoms with Crippen LogP contribution in [0.2, 0.25) is 0 Å². The zero-order chi connectivity index (χ0) is 16.2. The Hall–Kier alpha value is -3.16. The zero-order valence-corrected chi connectivity index (χ0v) is 12.2. The molecule has 1 aromatic heterocycles. The number of hydrogen-bond donors (Lipinski definition) is 3. The maximum atomic E-state index is 11.9. The van der Waals surface area contributed by atoms with Crippen LogP contribution >= 0.6 is 0 Å². The molecule has 23 heavy (non-hydrogen) atoms. The van der Waals surface area contributed by atoms with Crippen molar-refractivity contribution in [2.75, 3.05) is 5.32 Å². The average molecular weight is 313 g/mol. The van der Waals surface area contributed by atoms with Crippen LogP contribution in [0.1, 0.15) is 12.8 Å². The molecular weight excluding hydrogens is 298 g/mol. The van der Waals surface area contributed by atoms with Crippen molar-refractivity contribution in [2.45, 2.75) is 18.9 Å². The van der Waals surface area contributed by atoms with E-state index in [-0.39, 0.29) is 18.7 Å². The molecule has 1 aromatic carbocycles. The summed E-state index contributed by atoms with van der Waals surface area (Å²) in [6.45, 7) is 0. The molecule has 1 aliphatic heterocycles. The van der Waals surface area contributed by atoms with E-state index in [1.165, 1.54) is 0 Å². The second-order valence-corrected chi connectivity index (χ2v) is 5.11. The summed E-state index contributed by atoms with van der Waals surface area (Å²) in [5, 5.41) is 11.5. The number of benzene rings is 1. The number of urea groups is 1. The third-order valence-electron chi connectivity index (χ3n) is 3.41. The fourth-order valence-electron chi connectivity index (χ4n) is 2.27. The van der Waals surface area contributed by atoms with Crippen LogP contribution in [0.5, 0.6) is 0 Å². The highest BCUT2D eigenvalue weighted by Gasteiger charge is 2.29. The van der Waals surface area contributed by atoms with Crippen LogP contribution in [0.25, 0.3) is 5.69 Å². The molecule has 0 bridgehead atoms. The van der Waals surface area contributed by atoms with Crippen LogP contribution in [0.3, 0.4) is 0 Å². The summed E-state index contributed by atoms with van der Waals surface area (Å²) in [5.74, 6) is -0.647. The fraction of sp³-hybridized carbons (Fsp3) is 0.200. The molecule has 8 nitrogen and oxygen atoms in total. The monoisotopic (exact) mass is 313 g/mol. The first-order valence-electron chi connectivity index (χ1n) is 7.13. The summed E-state index contributed by atoms with van der Waals surface area (Å²) in [5.41, 5.74) is 1.46. The minimum Gasteiger partial charge on any atom is -0.326 e. The number of para-hydroxylation sites is 1. The molecule has 4 amide bonds. The van der Waals surface area contributed by atoms with Gasteiger partial charge in [-0.15, -0.1) is 0 Å². The van der Waals surface area contributed by atoms with Crippen molar-refractivity contribution in [2.24, 2.45) is 0 Å². The van der Waals surface area contributed by atoms with Crippen LogP contribution in [0, 0.1) is 0 Å².